The van der Waals surface area contributed by atoms with Crippen LogP contribution in [0.5, 0.6) is 0 Å². The Bertz CT molecular complexity index is 831. The third-order valence-corrected chi connectivity index (χ3v) is 3.31. The quantitative estimate of drug-likeness (QED) is 0.840. The first-order valence-corrected chi connectivity index (χ1v) is 7.98. The standard InChI is InChI=1S/C19H21FN2O4/c1-11(23)25-17(12-7-8-22-16(21)10-12)14-6-5-13(9-15(14)20)18(24)26-19(2,3)4/h5-10,17H,1-4H3,(H2,21,22). The van der Waals surface area contributed by atoms with Crippen molar-refractivity contribution in [2.45, 2.75) is 39.4 Å². The Morgan fingerprint density at radius 1 is 1.19 bits per heavy atom. The molecule has 0 amide bonds. The second-order valence-electron chi connectivity index (χ2n) is 6.74. The monoisotopic (exact) mass is 360 g/mol. The number of anilines is 1. The third-order valence-electron chi connectivity index (χ3n) is 3.31. The number of nitrogen functional groups attached to an aromatic ring is 1. The molecule has 138 valence electrons. The number of aromatic nitrogens is 1. The number of hydrogen-bond acceptors (Lipinski definition) is 6. The molecular formula is C19H21FN2O4. The number of pyridine rings is 1. The average molecular weight is 360 g/mol. The van der Waals surface area contributed by atoms with Gasteiger partial charge in [-0.05, 0) is 45.0 Å². The van der Waals surface area contributed by atoms with E-state index >= 15 is 0 Å². The van der Waals surface area contributed by atoms with Gasteiger partial charge in [-0.25, -0.2) is 14.2 Å². The van der Waals surface area contributed by atoms with E-state index in [1.54, 1.807) is 26.8 Å². The van der Waals surface area contributed by atoms with Crippen LogP contribution in [0.25, 0.3) is 0 Å². The smallest absolute Gasteiger partial charge is 0.338 e. The first-order chi connectivity index (χ1) is 12.1. The van der Waals surface area contributed by atoms with E-state index in [-0.39, 0.29) is 16.9 Å². The molecule has 7 heteroatoms. The Hall–Kier alpha value is -2.96. The van der Waals surface area contributed by atoms with Crippen LogP contribution in [0.2, 0.25) is 0 Å². The van der Waals surface area contributed by atoms with Gasteiger partial charge in [-0.2, -0.15) is 0 Å². The number of benzene rings is 1. The molecule has 0 saturated carbocycles. The van der Waals surface area contributed by atoms with E-state index < -0.39 is 29.5 Å². The second-order valence-corrected chi connectivity index (χ2v) is 6.74. The molecule has 0 spiro atoms. The second kappa shape index (κ2) is 7.51. The Morgan fingerprint density at radius 2 is 1.88 bits per heavy atom. The van der Waals surface area contributed by atoms with E-state index in [0.717, 1.165) is 6.07 Å². The van der Waals surface area contributed by atoms with E-state index in [1.807, 2.05) is 0 Å². The van der Waals surface area contributed by atoms with Crippen LogP contribution in [-0.4, -0.2) is 22.5 Å². The van der Waals surface area contributed by atoms with E-state index in [0.29, 0.717) is 5.56 Å². The van der Waals surface area contributed by atoms with Crippen molar-refractivity contribution in [3.8, 4) is 0 Å². The van der Waals surface area contributed by atoms with Crippen molar-refractivity contribution >= 4 is 17.8 Å². The number of esters is 2. The largest absolute Gasteiger partial charge is 0.456 e. The van der Waals surface area contributed by atoms with Crippen LogP contribution in [0.3, 0.4) is 0 Å². The van der Waals surface area contributed by atoms with Gasteiger partial charge in [0.05, 0.1) is 5.56 Å². The molecule has 0 radical (unpaired) electrons. The van der Waals surface area contributed by atoms with Gasteiger partial charge in [0.2, 0.25) is 0 Å². The fourth-order valence-corrected chi connectivity index (χ4v) is 2.31. The van der Waals surface area contributed by atoms with Crippen LogP contribution in [0, 0.1) is 5.82 Å². The van der Waals surface area contributed by atoms with Crippen molar-refractivity contribution in [2.75, 3.05) is 5.73 Å². The number of rotatable bonds is 4. The lowest BCUT2D eigenvalue weighted by Crippen LogP contribution is -2.24. The van der Waals surface area contributed by atoms with Gasteiger partial charge in [0, 0.05) is 24.2 Å². The molecule has 26 heavy (non-hydrogen) atoms. The fourth-order valence-electron chi connectivity index (χ4n) is 2.31. The number of ether oxygens (including phenoxy) is 2. The molecular weight excluding hydrogens is 339 g/mol. The first-order valence-electron chi connectivity index (χ1n) is 7.98. The summed E-state index contributed by atoms with van der Waals surface area (Å²) in [6, 6.07) is 6.94. The van der Waals surface area contributed by atoms with Gasteiger partial charge < -0.3 is 15.2 Å². The van der Waals surface area contributed by atoms with Crippen molar-refractivity contribution in [3.63, 3.8) is 0 Å². The number of carbonyl (C=O) groups excluding carboxylic acids is 2. The van der Waals surface area contributed by atoms with E-state index in [9.17, 15) is 14.0 Å². The SMILES string of the molecule is CC(=O)OC(c1ccnc(N)c1)c1ccc(C(=O)OC(C)(C)C)cc1F. The van der Waals surface area contributed by atoms with Gasteiger partial charge in [-0.3, -0.25) is 4.79 Å². The summed E-state index contributed by atoms with van der Waals surface area (Å²) in [4.78, 5) is 27.4. The van der Waals surface area contributed by atoms with Gasteiger partial charge >= 0.3 is 11.9 Å². The Labute approximate surface area is 151 Å². The summed E-state index contributed by atoms with van der Waals surface area (Å²) in [6.45, 7) is 6.39. The zero-order chi connectivity index (χ0) is 19.5. The predicted molar refractivity (Wildman–Crippen MR) is 93.8 cm³/mol. The van der Waals surface area contributed by atoms with Gasteiger partial charge in [0.15, 0.2) is 6.10 Å². The van der Waals surface area contributed by atoms with Gasteiger partial charge in [-0.1, -0.05) is 6.07 Å². The van der Waals surface area contributed by atoms with Gasteiger partial charge in [0.1, 0.15) is 17.2 Å². The topological polar surface area (TPSA) is 91.5 Å². The highest BCUT2D eigenvalue weighted by Crippen LogP contribution is 2.29. The number of nitrogens with two attached hydrogens (primary N) is 1. The Morgan fingerprint density at radius 3 is 2.42 bits per heavy atom. The van der Waals surface area contributed by atoms with E-state index in [4.69, 9.17) is 15.2 Å². The maximum Gasteiger partial charge on any atom is 0.338 e. The minimum absolute atomic E-state index is 0.0667. The maximum absolute atomic E-state index is 14.7. The molecule has 6 nitrogen and oxygen atoms in total. The average Bonchev–Trinajstić information content (AvgIpc) is 2.51. The number of carbonyl (C=O) groups is 2. The van der Waals surface area contributed by atoms with Crippen LogP contribution in [0.4, 0.5) is 10.2 Å². The molecule has 0 aliphatic carbocycles. The van der Waals surface area contributed by atoms with Crippen LogP contribution in [-0.2, 0) is 14.3 Å². The summed E-state index contributed by atoms with van der Waals surface area (Å²) in [6.07, 6.45) is 0.430. The summed E-state index contributed by atoms with van der Waals surface area (Å²) in [7, 11) is 0. The van der Waals surface area contributed by atoms with Gasteiger partial charge in [0.25, 0.3) is 0 Å². The fraction of sp³-hybridized carbons (Fsp3) is 0.316. The zero-order valence-electron chi connectivity index (χ0n) is 15.1. The lowest BCUT2D eigenvalue weighted by Gasteiger charge is -2.21. The Kier molecular flexibility index (Phi) is 5.59. The molecule has 0 saturated heterocycles. The molecule has 1 atom stereocenters. The molecule has 0 fully saturated rings. The number of hydrogen-bond donors (Lipinski definition) is 1. The Balaban J connectivity index is 2.40. The van der Waals surface area contributed by atoms with Crippen molar-refractivity contribution in [2.24, 2.45) is 0 Å². The number of halogens is 1. The van der Waals surface area contributed by atoms with Crippen LogP contribution in [0.15, 0.2) is 36.5 Å². The first kappa shape index (κ1) is 19.4. The summed E-state index contributed by atoms with van der Waals surface area (Å²) < 4.78 is 25.2. The lowest BCUT2D eigenvalue weighted by molar-refractivity contribution is -0.144. The molecule has 1 heterocycles. The predicted octanol–water partition coefficient (Wildman–Crippen LogP) is 3.41. The van der Waals surface area contributed by atoms with Crippen molar-refractivity contribution in [1.29, 1.82) is 0 Å². The molecule has 0 bridgehead atoms. The lowest BCUT2D eigenvalue weighted by atomic mass is 10.00. The van der Waals surface area contributed by atoms with E-state index in [1.165, 1.54) is 31.3 Å². The molecule has 2 aromatic rings. The maximum atomic E-state index is 14.7. The van der Waals surface area contributed by atoms with Crippen molar-refractivity contribution in [3.05, 3.63) is 59.0 Å². The molecule has 2 rings (SSSR count). The molecule has 0 aliphatic heterocycles. The highest BCUT2D eigenvalue weighted by molar-refractivity contribution is 5.89. The summed E-state index contributed by atoms with van der Waals surface area (Å²) in [5.74, 6) is -1.71. The van der Waals surface area contributed by atoms with Crippen molar-refractivity contribution < 1.29 is 23.5 Å². The molecule has 2 N–H and O–H groups in total. The van der Waals surface area contributed by atoms with Crippen LogP contribution in [0.1, 0.15) is 55.3 Å². The summed E-state index contributed by atoms with van der Waals surface area (Å²) >= 11 is 0. The highest BCUT2D eigenvalue weighted by Gasteiger charge is 2.24. The van der Waals surface area contributed by atoms with Crippen LogP contribution < -0.4 is 5.73 Å². The zero-order valence-corrected chi connectivity index (χ0v) is 15.1. The summed E-state index contributed by atoms with van der Waals surface area (Å²) in [5.41, 5.74) is 5.60. The summed E-state index contributed by atoms with van der Waals surface area (Å²) in [5, 5.41) is 0. The normalized spacial score (nSPS) is 12.3. The molecule has 1 aromatic heterocycles. The number of nitrogens with zero attached hydrogens (tertiary/aromatic N) is 1. The van der Waals surface area contributed by atoms with Crippen LogP contribution >= 0.6 is 0 Å². The molecule has 0 aliphatic rings. The molecule has 1 aromatic carbocycles. The third kappa shape index (κ3) is 5.02. The molecule has 1 unspecified atom stereocenters. The highest BCUT2D eigenvalue weighted by atomic mass is 19.1. The van der Waals surface area contributed by atoms with Gasteiger partial charge in [-0.15, -0.1) is 0 Å². The van der Waals surface area contributed by atoms with E-state index in [2.05, 4.69) is 4.98 Å². The van der Waals surface area contributed by atoms with Crippen molar-refractivity contribution in [1.82, 2.24) is 4.98 Å². The minimum atomic E-state index is -1.01. The minimum Gasteiger partial charge on any atom is -0.456 e.